The van der Waals surface area contributed by atoms with Gasteiger partial charge >= 0.3 is 0 Å². The Hall–Kier alpha value is -1.45. The number of amides is 1. The van der Waals surface area contributed by atoms with Crippen molar-refractivity contribution in [2.24, 2.45) is 4.99 Å². The van der Waals surface area contributed by atoms with Crippen molar-refractivity contribution in [3.05, 3.63) is 35.4 Å². The van der Waals surface area contributed by atoms with Crippen LogP contribution in [0.25, 0.3) is 0 Å². The topological polar surface area (TPSA) is 65.5 Å². The van der Waals surface area contributed by atoms with E-state index in [0.29, 0.717) is 5.96 Å². The van der Waals surface area contributed by atoms with Crippen molar-refractivity contribution in [2.75, 3.05) is 13.6 Å². The Labute approximate surface area is 152 Å². The Bertz CT molecular complexity index is 559. The molecule has 1 aromatic carbocycles. The van der Waals surface area contributed by atoms with Crippen LogP contribution in [0.5, 0.6) is 0 Å². The van der Waals surface area contributed by atoms with Crippen LogP contribution in [0.3, 0.4) is 0 Å². The summed E-state index contributed by atoms with van der Waals surface area (Å²) in [5, 5.41) is 8.43. The van der Waals surface area contributed by atoms with E-state index in [0.717, 1.165) is 18.2 Å². The minimum Gasteiger partial charge on any atom is -0.352 e. The van der Waals surface area contributed by atoms with Gasteiger partial charge in [0, 0.05) is 24.7 Å². The predicted molar refractivity (Wildman–Crippen MR) is 97.9 cm³/mol. The van der Waals surface area contributed by atoms with Crippen LogP contribution in [0.4, 0.5) is 8.78 Å². The van der Waals surface area contributed by atoms with E-state index < -0.39 is 11.6 Å². The van der Waals surface area contributed by atoms with Crippen molar-refractivity contribution in [3.63, 3.8) is 0 Å². The fourth-order valence-electron chi connectivity index (χ4n) is 1.70. The van der Waals surface area contributed by atoms with E-state index in [1.165, 1.54) is 7.05 Å². The van der Waals surface area contributed by atoms with Crippen LogP contribution < -0.4 is 16.0 Å². The lowest BCUT2D eigenvalue weighted by Crippen LogP contribution is -2.48. The maximum absolute atomic E-state index is 13.5. The van der Waals surface area contributed by atoms with Crippen molar-refractivity contribution in [1.82, 2.24) is 16.0 Å². The number of hydrogen-bond donors (Lipinski definition) is 3. The second-order valence-electron chi connectivity index (χ2n) is 5.81. The highest BCUT2D eigenvalue weighted by Gasteiger charge is 2.13. The third kappa shape index (κ3) is 8.68. The van der Waals surface area contributed by atoms with Gasteiger partial charge in [0.2, 0.25) is 5.91 Å². The normalized spacial score (nSPS) is 11.5. The van der Waals surface area contributed by atoms with Crippen molar-refractivity contribution < 1.29 is 13.6 Å². The van der Waals surface area contributed by atoms with Gasteiger partial charge in [-0.1, -0.05) is 0 Å². The average Bonchev–Trinajstić information content (AvgIpc) is 2.40. The van der Waals surface area contributed by atoms with Gasteiger partial charge in [0.05, 0.1) is 6.54 Å². The first kappa shape index (κ1) is 21.6. The number of rotatable bonds is 4. The first-order valence-electron chi connectivity index (χ1n) is 6.91. The summed E-state index contributed by atoms with van der Waals surface area (Å²) in [6.45, 7) is 5.73. The Morgan fingerprint density at radius 3 is 2.43 bits per heavy atom. The Balaban J connectivity index is 0.00000484. The predicted octanol–water partition coefficient (Wildman–Crippen LogP) is 2.16. The zero-order valence-corrected chi connectivity index (χ0v) is 16.0. The summed E-state index contributed by atoms with van der Waals surface area (Å²) in [5.74, 6) is -0.874. The largest absolute Gasteiger partial charge is 0.352 e. The van der Waals surface area contributed by atoms with Gasteiger partial charge in [-0.15, -0.1) is 24.0 Å². The highest BCUT2D eigenvalue weighted by molar-refractivity contribution is 14.0. The minimum absolute atomic E-state index is 0. The highest BCUT2D eigenvalue weighted by atomic mass is 127. The van der Waals surface area contributed by atoms with Crippen LogP contribution in [0, 0.1) is 11.6 Å². The molecule has 0 unspecified atom stereocenters. The fraction of sp³-hybridized carbons (Fsp3) is 0.467. The maximum Gasteiger partial charge on any atom is 0.239 e. The lowest BCUT2D eigenvalue weighted by atomic mass is 10.1. The number of carbonyl (C=O) groups is 1. The fourth-order valence-corrected chi connectivity index (χ4v) is 1.70. The van der Waals surface area contributed by atoms with Crippen LogP contribution >= 0.6 is 24.0 Å². The van der Waals surface area contributed by atoms with Crippen molar-refractivity contribution >= 4 is 35.8 Å². The minimum atomic E-state index is -0.509. The highest BCUT2D eigenvalue weighted by Crippen LogP contribution is 2.08. The Morgan fingerprint density at radius 1 is 1.22 bits per heavy atom. The summed E-state index contributed by atoms with van der Waals surface area (Å²) in [6.07, 6.45) is 0. The smallest absolute Gasteiger partial charge is 0.239 e. The van der Waals surface area contributed by atoms with Crippen LogP contribution in [0.2, 0.25) is 0 Å². The zero-order chi connectivity index (χ0) is 16.8. The van der Waals surface area contributed by atoms with Crippen LogP contribution in [0.1, 0.15) is 26.3 Å². The molecule has 0 heterocycles. The molecule has 0 fully saturated rings. The molecule has 0 aromatic heterocycles. The number of carbonyl (C=O) groups excluding carboxylic acids is 1. The molecule has 0 aliphatic carbocycles. The lowest BCUT2D eigenvalue weighted by Gasteiger charge is -2.21. The number of nitrogens with zero attached hydrogens (tertiary/aromatic N) is 1. The number of guanidine groups is 1. The molecule has 0 aliphatic rings. The molecule has 0 spiro atoms. The summed E-state index contributed by atoms with van der Waals surface area (Å²) in [7, 11) is 1.53. The number of nitrogens with one attached hydrogen (secondary N) is 3. The number of hydrogen-bond acceptors (Lipinski definition) is 2. The molecule has 0 saturated carbocycles. The molecule has 0 saturated heterocycles. The summed E-state index contributed by atoms with van der Waals surface area (Å²) in [4.78, 5) is 15.6. The molecule has 1 rings (SSSR count). The molecule has 5 nitrogen and oxygen atoms in total. The summed E-state index contributed by atoms with van der Waals surface area (Å²) in [6, 6.07) is 3.24. The molecule has 0 radical (unpaired) electrons. The third-order valence-electron chi connectivity index (χ3n) is 2.61. The standard InChI is InChI=1S/C15H22F2N4O.HI/c1-15(2,3)21-13(22)9-20-14(18-4)19-8-10-7-11(16)5-6-12(10)17;/h5-7H,8-9H2,1-4H3,(H,21,22)(H2,18,19,20);1H. The quantitative estimate of drug-likeness (QED) is 0.382. The van der Waals surface area contributed by atoms with E-state index in [9.17, 15) is 13.6 Å². The number of benzene rings is 1. The molecule has 23 heavy (non-hydrogen) atoms. The van der Waals surface area contributed by atoms with E-state index in [1.54, 1.807) is 0 Å². The van der Waals surface area contributed by atoms with E-state index in [1.807, 2.05) is 20.8 Å². The monoisotopic (exact) mass is 440 g/mol. The van der Waals surface area contributed by atoms with Crippen molar-refractivity contribution in [1.29, 1.82) is 0 Å². The lowest BCUT2D eigenvalue weighted by molar-refractivity contribution is -0.121. The van der Waals surface area contributed by atoms with E-state index in [4.69, 9.17) is 0 Å². The van der Waals surface area contributed by atoms with Gasteiger partial charge in [0.1, 0.15) is 11.6 Å². The van der Waals surface area contributed by atoms with Crippen LogP contribution in [0.15, 0.2) is 23.2 Å². The Morgan fingerprint density at radius 2 is 1.87 bits per heavy atom. The molecule has 3 N–H and O–H groups in total. The van der Waals surface area contributed by atoms with Gasteiger partial charge in [0.25, 0.3) is 0 Å². The SMILES string of the molecule is CN=C(NCC(=O)NC(C)(C)C)NCc1cc(F)ccc1F.I. The van der Waals surface area contributed by atoms with Crippen LogP contribution in [-0.4, -0.2) is 31.0 Å². The second kappa shape index (κ2) is 9.64. The summed E-state index contributed by atoms with van der Waals surface area (Å²) in [5.41, 5.74) is -0.137. The number of halogens is 3. The zero-order valence-electron chi connectivity index (χ0n) is 13.7. The first-order valence-corrected chi connectivity index (χ1v) is 6.91. The molecular formula is C15H23F2IN4O. The summed E-state index contributed by atoms with van der Waals surface area (Å²) < 4.78 is 26.6. The third-order valence-corrected chi connectivity index (χ3v) is 2.61. The second-order valence-corrected chi connectivity index (χ2v) is 5.81. The van der Waals surface area contributed by atoms with E-state index in [2.05, 4.69) is 20.9 Å². The van der Waals surface area contributed by atoms with Gasteiger partial charge in [-0.25, -0.2) is 8.78 Å². The van der Waals surface area contributed by atoms with Crippen LogP contribution in [-0.2, 0) is 11.3 Å². The Kier molecular flexibility index (Phi) is 9.03. The van der Waals surface area contributed by atoms with Gasteiger partial charge < -0.3 is 16.0 Å². The maximum atomic E-state index is 13.5. The van der Waals surface area contributed by atoms with Crippen molar-refractivity contribution in [2.45, 2.75) is 32.9 Å². The van der Waals surface area contributed by atoms with E-state index >= 15 is 0 Å². The van der Waals surface area contributed by atoms with Gasteiger partial charge in [-0.3, -0.25) is 9.79 Å². The number of aliphatic imine (C=N–C) groups is 1. The summed E-state index contributed by atoms with van der Waals surface area (Å²) >= 11 is 0. The molecule has 8 heteroatoms. The molecule has 0 bridgehead atoms. The molecule has 1 amide bonds. The molecular weight excluding hydrogens is 417 g/mol. The van der Waals surface area contributed by atoms with Gasteiger partial charge in [-0.05, 0) is 39.0 Å². The molecule has 0 aliphatic heterocycles. The average molecular weight is 440 g/mol. The van der Waals surface area contributed by atoms with Crippen molar-refractivity contribution in [3.8, 4) is 0 Å². The molecule has 1 aromatic rings. The van der Waals surface area contributed by atoms with E-state index in [-0.39, 0.29) is 54.1 Å². The molecule has 130 valence electrons. The van der Waals surface area contributed by atoms with Gasteiger partial charge in [-0.2, -0.15) is 0 Å². The first-order chi connectivity index (χ1) is 10.2. The molecule has 0 atom stereocenters. The van der Waals surface area contributed by atoms with Gasteiger partial charge in [0.15, 0.2) is 5.96 Å².